The summed E-state index contributed by atoms with van der Waals surface area (Å²) in [5.41, 5.74) is 8.46. The van der Waals surface area contributed by atoms with Gasteiger partial charge in [0.05, 0.1) is 0 Å². The highest BCUT2D eigenvalue weighted by Crippen LogP contribution is 2.33. The number of amides is 1. The van der Waals surface area contributed by atoms with Crippen molar-refractivity contribution in [3.63, 3.8) is 0 Å². The third-order valence-corrected chi connectivity index (χ3v) is 3.72. The molecule has 0 fully saturated rings. The number of hydrogen-bond acceptors (Lipinski definition) is 3. The van der Waals surface area contributed by atoms with Crippen LogP contribution in [0.4, 0.5) is 0 Å². The predicted octanol–water partition coefficient (Wildman–Crippen LogP) is 2.32. The van der Waals surface area contributed by atoms with Crippen LogP contribution in [0.2, 0.25) is 0 Å². The van der Waals surface area contributed by atoms with E-state index in [2.05, 4.69) is 18.3 Å². The molecule has 0 saturated heterocycles. The van der Waals surface area contributed by atoms with E-state index in [9.17, 15) is 4.79 Å². The maximum absolute atomic E-state index is 11.7. The molecule has 3 N–H and O–H groups in total. The fourth-order valence-corrected chi connectivity index (χ4v) is 2.59. The number of carbonyl (C=O) groups is 1. The standard InChI is InChI=1S/C16H24N2O2/c1-2-3-10-18-16(19)11-20-15-9-5-6-12-13(15)7-4-8-14(12)17/h5-6,9,14H,2-4,7-8,10-11,17H2,1H3,(H,18,19). The van der Waals surface area contributed by atoms with Gasteiger partial charge in [-0.1, -0.05) is 25.5 Å². The Morgan fingerprint density at radius 2 is 2.35 bits per heavy atom. The molecule has 0 aromatic heterocycles. The van der Waals surface area contributed by atoms with Crippen LogP contribution >= 0.6 is 0 Å². The van der Waals surface area contributed by atoms with Crippen LogP contribution in [0.1, 0.15) is 49.8 Å². The number of ether oxygens (including phenoxy) is 1. The molecule has 0 aliphatic heterocycles. The van der Waals surface area contributed by atoms with Crippen molar-refractivity contribution in [2.24, 2.45) is 5.73 Å². The Morgan fingerprint density at radius 3 is 3.15 bits per heavy atom. The zero-order chi connectivity index (χ0) is 14.4. The summed E-state index contributed by atoms with van der Waals surface area (Å²) in [6.07, 6.45) is 5.16. The molecular weight excluding hydrogens is 252 g/mol. The van der Waals surface area contributed by atoms with E-state index in [0.717, 1.165) is 44.4 Å². The first kappa shape index (κ1) is 14.9. The molecular formula is C16H24N2O2. The number of fused-ring (bicyclic) bond motifs is 1. The van der Waals surface area contributed by atoms with E-state index in [1.54, 1.807) is 0 Å². The van der Waals surface area contributed by atoms with Crippen LogP contribution in [0.25, 0.3) is 0 Å². The van der Waals surface area contributed by atoms with E-state index in [-0.39, 0.29) is 18.6 Å². The van der Waals surface area contributed by atoms with Crippen LogP contribution in [0, 0.1) is 0 Å². The van der Waals surface area contributed by atoms with Crippen LogP contribution in [0.5, 0.6) is 5.75 Å². The highest BCUT2D eigenvalue weighted by molar-refractivity contribution is 5.77. The van der Waals surface area contributed by atoms with Gasteiger partial charge in [0, 0.05) is 12.6 Å². The molecule has 1 unspecified atom stereocenters. The number of nitrogens with two attached hydrogens (primary N) is 1. The molecule has 2 rings (SSSR count). The quantitative estimate of drug-likeness (QED) is 0.784. The molecule has 110 valence electrons. The molecule has 0 radical (unpaired) electrons. The lowest BCUT2D eigenvalue weighted by Crippen LogP contribution is -2.30. The van der Waals surface area contributed by atoms with Gasteiger partial charge in [-0.2, -0.15) is 0 Å². The van der Waals surface area contributed by atoms with Gasteiger partial charge in [0.15, 0.2) is 6.61 Å². The summed E-state index contributed by atoms with van der Waals surface area (Å²) in [6, 6.07) is 6.04. The van der Waals surface area contributed by atoms with E-state index in [1.165, 1.54) is 11.1 Å². The van der Waals surface area contributed by atoms with Crippen molar-refractivity contribution in [2.45, 2.75) is 45.1 Å². The Bertz CT molecular complexity index is 460. The Balaban J connectivity index is 1.93. The van der Waals surface area contributed by atoms with Crippen molar-refractivity contribution >= 4 is 5.91 Å². The Hall–Kier alpha value is -1.55. The van der Waals surface area contributed by atoms with Gasteiger partial charge in [-0.05, 0) is 42.9 Å². The number of nitrogens with one attached hydrogen (secondary N) is 1. The average Bonchev–Trinajstić information content (AvgIpc) is 2.46. The normalized spacial score (nSPS) is 17.4. The fraction of sp³-hybridized carbons (Fsp3) is 0.562. The van der Waals surface area contributed by atoms with Crippen LogP contribution < -0.4 is 15.8 Å². The number of carbonyl (C=O) groups excluding carboxylic acids is 1. The lowest BCUT2D eigenvalue weighted by atomic mass is 9.88. The number of hydrogen-bond donors (Lipinski definition) is 2. The predicted molar refractivity (Wildman–Crippen MR) is 79.7 cm³/mol. The summed E-state index contributed by atoms with van der Waals surface area (Å²) >= 11 is 0. The molecule has 0 heterocycles. The maximum Gasteiger partial charge on any atom is 0.257 e. The molecule has 4 nitrogen and oxygen atoms in total. The Labute approximate surface area is 120 Å². The van der Waals surface area contributed by atoms with Gasteiger partial charge in [0.25, 0.3) is 5.91 Å². The highest BCUT2D eigenvalue weighted by Gasteiger charge is 2.20. The molecule has 1 atom stereocenters. The van der Waals surface area contributed by atoms with Crippen LogP contribution in [0.15, 0.2) is 18.2 Å². The molecule has 1 aromatic rings. The molecule has 1 aliphatic carbocycles. The number of benzene rings is 1. The second kappa shape index (κ2) is 7.29. The summed E-state index contributed by atoms with van der Waals surface area (Å²) in [7, 11) is 0. The van der Waals surface area contributed by atoms with Crippen molar-refractivity contribution in [2.75, 3.05) is 13.2 Å². The lowest BCUT2D eigenvalue weighted by Gasteiger charge is -2.24. The van der Waals surface area contributed by atoms with Gasteiger partial charge in [0.1, 0.15) is 5.75 Å². The monoisotopic (exact) mass is 276 g/mol. The van der Waals surface area contributed by atoms with Crippen molar-refractivity contribution in [1.29, 1.82) is 0 Å². The highest BCUT2D eigenvalue weighted by atomic mass is 16.5. The first-order valence-corrected chi connectivity index (χ1v) is 7.49. The maximum atomic E-state index is 11.7. The van der Waals surface area contributed by atoms with Gasteiger partial charge in [-0.15, -0.1) is 0 Å². The summed E-state index contributed by atoms with van der Waals surface area (Å²) in [5.74, 6) is 0.749. The van der Waals surface area contributed by atoms with E-state index < -0.39 is 0 Å². The number of rotatable bonds is 6. The van der Waals surface area contributed by atoms with Gasteiger partial charge in [-0.3, -0.25) is 4.79 Å². The van der Waals surface area contributed by atoms with Crippen molar-refractivity contribution in [3.8, 4) is 5.75 Å². The average molecular weight is 276 g/mol. The minimum Gasteiger partial charge on any atom is -0.483 e. The SMILES string of the molecule is CCCCNC(=O)COc1cccc2c1CCCC2N. The van der Waals surface area contributed by atoms with Crippen LogP contribution in [-0.4, -0.2) is 19.1 Å². The summed E-state index contributed by atoms with van der Waals surface area (Å²) in [6.45, 7) is 2.90. The molecule has 0 saturated carbocycles. The van der Waals surface area contributed by atoms with E-state index in [0.29, 0.717) is 0 Å². The summed E-state index contributed by atoms with van der Waals surface area (Å²) in [4.78, 5) is 11.7. The summed E-state index contributed by atoms with van der Waals surface area (Å²) < 4.78 is 5.68. The van der Waals surface area contributed by atoms with Crippen molar-refractivity contribution < 1.29 is 9.53 Å². The zero-order valence-electron chi connectivity index (χ0n) is 12.2. The van der Waals surface area contributed by atoms with E-state index >= 15 is 0 Å². The van der Waals surface area contributed by atoms with Crippen LogP contribution in [-0.2, 0) is 11.2 Å². The minimum absolute atomic E-state index is 0.0591. The largest absolute Gasteiger partial charge is 0.483 e. The van der Waals surface area contributed by atoms with Gasteiger partial charge >= 0.3 is 0 Å². The Morgan fingerprint density at radius 1 is 1.50 bits per heavy atom. The third kappa shape index (κ3) is 3.73. The molecule has 4 heteroatoms. The Kier molecular flexibility index (Phi) is 5.41. The molecule has 0 spiro atoms. The van der Waals surface area contributed by atoms with Gasteiger partial charge < -0.3 is 15.8 Å². The van der Waals surface area contributed by atoms with Gasteiger partial charge in [-0.25, -0.2) is 0 Å². The second-order valence-corrected chi connectivity index (χ2v) is 5.31. The number of unbranched alkanes of at least 4 members (excludes halogenated alkanes) is 1. The van der Waals surface area contributed by atoms with Gasteiger partial charge in [0.2, 0.25) is 0 Å². The first-order chi connectivity index (χ1) is 9.72. The van der Waals surface area contributed by atoms with E-state index in [4.69, 9.17) is 10.5 Å². The first-order valence-electron chi connectivity index (χ1n) is 7.49. The molecule has 1 aliphatic rings. The molecule has 0 bridgehead atoms. The van der Waals surface area contributed by atoms with E-state index in [1.807, 2.05) is 12.1 Å². The fourth-order valence-electron chi connectivity index (χ4n) is 2.59. The molecule has 20 heavy (non-hydrogen) atoms. The van der Waals surface area contributed by atoms with Crippen molar-refractivity contribution in [3.05, 3.63) is 29.3 Å². The zero-order valence-corrected chi connectivity index (χ0v) is 12.2. The molecule has 1 aromatic carbocycles. The second-order valence-electron chi connectivity index (χ2n) is 5.31. The lowest BCUT2D eigenvalue weighted by molar-refractivity contribution is -0.123. The summed E-state index contributed by atoms with van der Waals surface area (Å²) in [5, 5.41) is 2.85. The minimum atomic E-state index is -0.0591. The molecule has 1 amide bonds. The van der Waals surface area contributed by atoms with Crippen LogP contribution in [0.3, 0.4) is 0 Å². The smallest absolute Gasteiger partial charge is 0.257 e. The topological polar surface area (TPSA) is 64.3 Å². The third-order valence-electron chi connectivity index (χ3n) is 3.72. The van der Waals surface area contributed by atoms with Crippen molar-refractivity contribution in [1.82, 2.24) is 5.32 Å².